The first-order valence-corrected chi connectivity index (χ1v) is 8.76. The molecule has 0 saturated heterocycles. The molecule has 0 bridgehead atoms. The molecule has 0 radical (unpaired) electrons. The van der Waals surface area contributed by atoms with Gasteiger partial charge in [-0.15, -0.1) is 0 Å². The van der Waals surface area contributed by atoms with Crippen molar-refractivity contribution in [3.8, 4) is 0 Å². The Morgan fingerprint density at radius 3 is 2.40 bits per heavy atom. The average Bonchev–Trinajstić information content (AvgIpc) is 3.02. The molecule has 1 aromatic heterocycles. The molecule has 11 nitrogen and oxygen atoms in total. The number of hydrogen-bond acceptors (Lipinski definition) is 7. The van der Waals surface area contributed by atoms with Crippen LogP contribution in [0.3, 0.4) is 0 Å². The van der Waals surface area contributed by atoms with Crippen LogP contribution in [0.25, 0.3) is 10.9 Å². The Morgan fingerprint density at radius 2 is 1.80 bits per heavy atom. The number of aliphatic carboxylic acids is 2. The third kappa shape index (κ3) is 5.64. The first-order chi connectivity index (χ1) is 14.0. The molecule has 11 heteroatoms. The largest absolute Gasteiger partial charge is 0.481 e. The number of para-hydroxylation sites is 1. The summed E-state index contributed by atoms with van der Waals surface area (Å²) in [5.41, 5.74) is -1.50. The number of benzene rings is 1. The number of carboxylic acid groups (broad SMARTS) is 2. The van der Waals surface area contributed by atoms with Crippen LogP contribution in [0, 0.1) is 0 Å². The van der Waals surface area contributed by atoms with Gasteiger partial charge >= 0.3 is 23.9 Å². The molecule has 5 N–H and O–H groups in total. The Balaban J connectivity index is 2.14. The maximum Gasteiger partial charge on any atom is 0.336 e. The lowest BCUT2D eigenvalue weighted by Crippen LogP contribution is -2.46. The number of amides is 1. The Labute approximate surface area is 169 Å². The molecule has 160 valence electrons. The van der Waals surface area contributed by atoms with Gasteiger partial charge in [0.05, 0.1) is 12.8 Å². The Bertz CT molecular complexity index is 997. The summed E-state index contributed by atoms with van der Waals surface area (Å²) in [5, 5.41) is 30.7. The van der Waals surface area contributed by atoms with E-state index < -0.39 is 54.3 Å². The van der Waals surface area contributed by atoms with Crippen LogP contribution < -0.4 is 5.32 Å². The van der Waals surface area contributed by atoms with Crippen molar-refractivity contribution in [3.63, 3.8) is 0 Å². The summed E-state index contributed by atoms with van der Waals surface area (Å²) in [5.74, 6) is -6.80. The highest BCUT2D eigenvalue weighted by molar-refractivity contribution is 5.95. The summed E-state index contributed by atoms with van der Waals surface area (Å²) in [6.45, 7) is 1.16. The van der Waals surface area contributed by atoms with E-state index in [9.17, 15) is 29.1 Å². The molecule has 1 amide bonds. The Kier molecular flexibility index (Phi) is 6.90. The zero-order valence-corrected chi connectivity index (χ0v) is 15.9. The number of fused-ring (bicyclic) bond motifs is 1. The van der Waals surface area contributed by atoms with E-state index in [4.69, 9.17) is 10.2 Å². The van der Waals surface area contributed by atoms with Crippen molar-refractivity contribution < 1.29 is 44.0 Å². The van der Waals surface area contributed by atoms with Gasteiger partial charge in [0.2, 0.25) is 5.91 Å². The standard InChI is InChI=1S/C19H20N2O9/c1-10(22)21-14(6-11-9-20-13-5-3-2-4-12(11)13)17(26)30-16(25)8-19(29,18(27)28)7-15(23)24/h2-5,9,14,20,29H,6-8H2,1H3,(H,21,22)(H,23,24)(H,27,28)/t14-,19?/m0/s1. The predicted octanol–water partition coefficient (Wildman–Crippen LogP) is -0.0346. The second-order valence-electron chi connectivity index (χ2n) is 6.69. The lowest BCUT2D eigenvalue weighted by atomic mass is 9.96. The van der Waals surface area contributed by atoms with E-state index in [1.807, 2.05) is 12.1 Å². The Morgan fingerprint density at radius 1 is 1.13 bits per heavy atom. The van der Waals surface area contributed by atoms with Gasteiger partial charge in [0.15, 0.2) is 5.60 Å². The van der Waals surface area contributed by atoms with E-state index in [0.29, 0.717) is 5.56 Å². The van der Waals surface area contributed by atoms with Crippen molar-refractivity contribution in [3.05, 3.63) is 36.0 Å². The quantitative estimate of drug-likeness (QED) is 0.274. The maximum absolute atomic E-state index is 12.4. The molecule has 0 aliphatic heterocycles. The smallest absolute Gasteiger partial charge is 0.336 e. The molecule has 0 aliphatic rings. The molecule has 0 saturated carbocycles. The normalized spacial score (nSPS) is 13.8. The number of aliphatic hydroxyl groups is 1. The van der Waals surface area contributed by atoms with Gasteiger partial charge in [-0.05, 0) is 11.6 Å². The van der Waals surface area contributed by atoms with Crippen LogP contribution in [-0.4, -0.2) is 61.7 Å². The second-order valence-corrected chi connectivity index (χ2v) is 6.69. The fourth-order valence-electron chi connectivity index (χ4n) is 2.88. The highest BCUT2D eigenvalue weighted by Gasteiger charge is 2.42. The number of carbonyl (C=O) groups is 5. The minimum atomic E-state index is -2.94. The SMILES string of the molecule is CC(=O)N[C@@H](Cc1c[nH]c2ccccc12)C(=O)OC(=O)CC(O)(CC(=O)O)C(=O)O. The fraction of sp³-hybridized carbons (Fsp3) is 0.316. The monoisotopic (exact) mass is 420 g/mol. The van der Waals surface area contributed by atoms with E-state index in [1.54, 1.807) is 18.3 Å². The van der Waals surface area contributed by atoms with E-state index in [2.05, 4.69) is 15.0 Å². The van der Waals surface area contributed by atoms with Crippen LogP contribution in [0.2, 0.25) is 0 Å². The van der Waals surface area contributed by atoms with Crippen LogP contribution in [-0.2, 0) is 35.1 Å². The number of hydrogen-bond donors (Lipinski definition) is 5. The van der Waals surface area contributed by atoms with E-state index in [-0.39, 0.29) is 6.42 Å². The first kappa shape index (κ1) is 22.6. The minimum absolute atomic E-state index is 0.0337. The van der Waals surface area contributed by atoms with Gasteiger partial charge < -0.3 is 30.4 Å². The van der Waals surface area contributed by atoms with Crippen molar-refractivity contribution in [2.45, 2.75) is 37.8 Å². The molecule has 0 spiro atoms. The maximum atomic E-state index is 12.4. The number of nitrogens with one attached hydrogen (secondary N) is 2. The van der Waals surface area contributed by atoms with Crippen molar-refractivity contribution in [1.82, 2.24) is 10.3 Å². The van der Waals surface area contributed by atoms with Crippen LogP contribution in [0.15, 0.2) is 30.5 Å². The predicted molar refractivity (Wildman–Crippen MR) is 100 cm³/mol. The molecular formula is C19H20N2O9. The second kappa shape index (κ2) is 9.18. The number of rotatable bonds is 9. The van der Waals surface area contributed by atoms with Crippen molar-refractivity contribution in [2.75, 3.05) is 0 Å². The van der Waals surface area contributed by atoms with Crippen molar-refractivity contribution >= 4 is 40.7 Å². The molecule has 0 aliphatic carbocycles. The number of esters is 2. The van der Waals surface area contributed by atoms with Gasteiger partial charge in [0.1, 0.15) is 6.04 Å². The number of ether oxygens (including phenoxy) is 1. The third-order valence-corrected chi connectivity index (χ3v) is 4.25. The minimum Gasteiger partial charge on any atom is -0.481 e. The van der Waals surface area contributed by atoms with E-state index in [1.165, 1.54) is 0 Å². The summed E-state index contributed by atoms with van der Waals surface area (Å²) < 4.78 is 4.58. The topological polar surface area (TPSA) is 183 Å². The lowest BCUT2D eigenvalue weighted by molar-refractivity contribution is -0.175. The van der Waals surface area contributed by atoms with Gasteiger partial charge in [0, 0.05) is 30.4 Å². The number of aromatic nitrogens is 1. The van der Waals surface area contributed by atoms with Gasteiger partial charge in [0.25, 0.3) is 0 Å². The van der Waals surface area contributed by atoms with Crippen LogP contribution in [0.1, 0.15) is 25.3 Å². The van der Waals surface area contributed by atoms with Crippen molar-refractivity contribution in [1.29, 1.82) is 0 Å². The summed E-state index contributed by atoms with van der Waals surface area (Å²) >= 11 is 0. The molecule has 1 heterocycles. The molecule has 1 aromatic carbocycles. The third-order valence-electron chi connectivity index (χ3n) is 4.25. The van der Waals surface area contributed by atoms with Crippen LogP contribution in [0.4, 0.5) is 0 Å². The summed E-state index contributed by atoms with van der Waals surface area (Å²) in [6.07, 6.45) is -0.936. The molecule has 2 rings (SSSR count). The Hall–Kier alpha value is -3.73. The molecule has 1 unspecified atom stereocenters. The van der Waals surface area contributed by atoms with E-state index in [0.717, 1.165) is 17.8 Å². The number of carbonyl (C=O) groups excluding carboxylic acids is 3. The van der Waals surface area contributed by atoms with Gasteiger partial charge in [-0.1, -0.05) is 18.2 Å². The molecule has 2 atom stereocenters. The van der Waals surface area contributed by atoms with Gasteiger partial charge in [-0.3, -0.25) is 14.4 Å². The summed E-state index contributed by atoms with van der Waals surface area (Å²) in [7, 11) is 0. The van der Waals surface area contributed by atoms with Crippen LogP contribution >= 0.6 is 0 Å². The van der Waals surface area contributed by atoms with Crippen LogP contribution in [0.5, 0.6) is 0 Å². The van der Waals surface area contributed by atoms with Crippen molar-refractivity contribution in [2.24, 2.45) is 0 Å². The lowest BCUT2D eigenvalue weighted by Gasteiger charge is -2.21. The molecular weight excluding hydrogens is 400 g/mol. The van der Waals surface area contributed by atoms with Gasteiger partial charge in [-0.25, -0.2) is 9.59 Å². The molecule has 0 fully saturated rings. The average molecular weight is 420 g/mol. The van der Waals surface area contributed by atoms with Gasteiger partial charge in [-0.2, -0.15) is 0 Å². The summed E-state index contributed by atoms with van der Waals surface area (Å²) in [4.78, 5) is 60.8. The molecule has 30 heavy (non-hydrogen) atoms. The number of aromatic amines is 1. The zero-order valence-electron chi connectivity index (χ0n) is 15.9. The summed E-state index contributed by atoms with van der Waals surface area (Å²) in [6, 6.07) is 5.92. The number of carboxylic acids is 2. The first-order valence-electron chi connectivity index (χ1n) is 8.76. The molecule has 2 aromatic rings. The van der Waals surface area contributed by atoms with E-state index >= 15 is 0 Å². The highest BCUT2D eigenvalue weighted by Crippen LogP contribution is 2.20. The fourth-order valence-corrected chi connectivity index (χ4v) is 2.88. The zero-order chi connectivity index (χ0) is 22.5. The highest BCUT2D eigenvalue weighted by atomic mass is 16.6. The number of H-pyrrole nitrogens is 1.